The van der Waals surface area contributed by atoms with Crippen LogP contribution in [0.1, 0.15) is 29.8 Å². The van der Waals surface area contributed by atoms with Crippen molar-refractivity contribution >= 4 is 21.9 Å². The quantitative estimate of drug-likeness (QED) is 0.711. The van der Waals surface area contributed by atoms with Crippen LogP contribution in [0.5, 0.6) is 0 Å². The molecule has 0 aromatic carbocycles. The van der Waals surface area contributed by atoms with Crippen LogP contribution in [0, 0.1) is 5.92 Å². The van der Waals surface area contributed by atoms with E-state index in [0.29, 0.717) is 19.3 Å². The van der Waals surface area contributed by atoms with Crippen LogP contribution >= 0.6 is 0 Å². The van der Waals surface area contributed by atoms with Crippen LogP contribution in [-0.4, -0.2) is 38.5 Å². The van der Waals surface area contributed by atoms with Gasteiger partial charge in [-0.2, -0.15) is 0 Å². The fraction of sp³-hybridized carbons (Fsp3) is 0.500. The monoisotopic (exact) mass is 316 g/mol. The summed E-state index contributed by atoms with van der Waals surface area (Å²) in [6, 6.07) is 2.21. The lowest BCUT2D eigenvalue weighted by atomic mass is 10.1. The van der Waals surface area contributed by atoms with E-state index in [1.807, 2.05) is 0 Å². The van der Waals surface area contributed by atoms with E-state index >= 15 is 0 Å². The van der Waals surface area contributed by atoms with Crippen molar-refractivity contribution < 1.29 is 27.5 Å². The number of hydrogen-bond donors (Lipinski definition) is 3. The molecule has 0 spiro atoms. The smallest absolute Gasteiger partial charge is 0.306 e. The van der Waals surface area contributed by atoms with Gasteiger partial charge in [0.25, 0.3) is 15.9 Å². The van der Waals surface area contributed by atoms with Gasteiger partial charge in [-0.15, -0.1) is 0 Å². The summed E-state index contributed by atoms with van der Waals surface area (Å²) in [6.45, 7) is 0. The average molecular weight is 316 g/mol. The van der Waals surface area contributed by atoms with Crippen LogP contribution in [0.4, 0.5) is 0 Å². The highest BCUT2D eigenvalue weighted by atomic mass is 32.2. The molecular formula is C12H16N2O6S. The summed E-state index contributed by atoms with van der Waals surface area (Å²) >= 11 is 0. The van der Waals surface area contributed by atoms with Gasteiger partial charge in [0, 0.05) is 6.04 Å². The highest BCUT2D eigenvalue weighted by molar-refractivity contribution is 7.89. The molecule has 21 heavy (non-hydrogen) atoms. The van der Waals surface area contributed by atoms with Gasteiger partial charge < -0.3 is 14.8 Å². The second kappa shape index (κ2) is 5.86. The molecule has 1 aliphatic rings. The number of amides is 1. The molecule has 1 fully saturated rings. The molecule has 3 N–H and O–H groups in total. The maximum absolute atomic E-state index is 11.9. The zero-order valence-electron chi connectivity index (χ0n) is 11.3. The molecule has 8 nitrogen and oxygen atoms in total. The van der Waals surface area contributed by atoms with E-state index in [2.05, 4.69) is 10.0 Å². The number of sulfonamides is 1. The van der Waals surface area contributed by atoms with Crippen molar-refractivity contribution in [2.75, 3.05) is 7.05 Å². The zero-order valence-corrected chi connectivity index (χ0v) is 12.1. The minimum Gasteiger partial charge on any atom is -0.481 e. The SMILES string of the molecule is CNS(=O)(=O)c1ccc(C(=O)N[C@H]2CC[C@@H](C(=O)O)C2)o1. The van der Waals surface area contributed by atoms with Crippen molar-refractivity contribution in [2.45, 2.75) is 30.4 Å². The topological polar surface area (TPSA) is 126 Å². The number of carboxylic acid groups (broad SMARTS) is 1. The lowest BCUT2D eigenvalue weighted by Crippen LogP contribution is -2.33. The van der Waals surface area contributed by atoms with Crippen LogP contribution in [0.25, 0.3) is 0 Å². The van der Waals surface area contributed by atoms with Crippen LogP contribution in [0.2, 0.25) is 0 Å². The third kappa shape index (κ3) is 3.42. The van der Waals surface area contributed by atoms with Crippen molar-refractivity contribution in [2.24, 2.45) is 5.92 Å². The van der Waals surface area contributed by atoms with E-state index in [0.717, 1.165) is 0 Å². The van der Waals surface area contributed by atoms with Gasteiger partial charge in [-0.05, 0) is 38.4 Å². The van der Waals surface area contributed by atoms with Crippen LogP contribution < -0.4 is 10.0 Å². The first kappa shape index (κ1) is 15.5. The van der Waals surface area contributed by atoms with Gasteiger partial charge >= 0.3 is 5.97 Å². The number of nitrogens with one attached hydrogen (secondary N) is 2. The summed E-state index contributed by atoms with van der Waals surface area (Å²) in [7, 11) is -2.49. The lowest BCUT2D eigenvalue weighted by Gasteiger charge is -2.10. The Kier molecular flexibility index (Phi) is 4.33. The molecule has 0 saturated heterocycles. The normalized spacial score (nSPS) is 22.1. The van der Waals surface area contributed by atoms with Crippen LogP contribution in [0.3, 0.4) is 0 Å². The molecular weight excluding hydrogens is 300 g/mol. The van der Waals surface area contributed by atoms with Crippen molar-refractivity contribution in [1.29, 1.82) is 0 Å². The fourth-order valence-electron chi connectivity index (χ4n) is 2.28. The maximum Gasteiger partial charge on any atom is 0.306 e. The Morgan fingerprint density at radius 1 is 1.33 bits per heavy atom. The molecule has 0 aliphatic heterocycles. The van der Waals surface area contributed by atoms with Crippen LogP contribution in [0.15, 0.2) is 21.6 Å². The molecule has 0 bridgehead atoms. The Hall–Kier alpha value is -1.87. The van der Waals surface area contributed by atoms with E-state index in [-0.39, 0.29) is 16.9 Å². The lowest BCUT2D eigenvalue weighted by molar-refractivity contribution is -0.141. The van der Waals surface area contributed by atoms with Gasteiger partial charge in [0.15, 0.2) is 5.76 Å². The van der Waals surface area contributed by atoms with Gasteiger partial charge in [0.05, 0.1) is 5.92 Å². The summed E-state index contributed by atoms with van der Waals surface area (Å²) in [4.78, 5) is 22.8. The summed E-state index contributed by atoms with van der Waals surface area (Å²) in [5.74, 6) is -1.99. The highest BCUT2D eigenvalue weighted by Crippen LogP contribution is 2.26. The van der Waals surface area contributed by atoms with Gasteiger partial charge in [-0.3, -0.25) is 9.59 Å². The van der Waals surface area contributed by atoms with E-state index in [1.54, 1.807) is 0 Å². The van der Waals surface area contributed by atoms with Crippen molar-refractivity contribution in [3.8, 4) is 0 Å². The minimum atomic E-state index is -3.73. The van der Waals surface area contributed by atoms with Gasteiger partial charge in [-0.1, -0.05) is 0 Å². The molecule has 1 aromatic rings. The molecule has 9 heteroatoms. The fourth-order valence-corrected chi connectivity index (χ4v) is 2.93. The number of aliphatic carboxylic acids is 1. The average Bonchev–Trinajstić information content (AvgIpc) is 3.07. The highest BCUT2D eigenvalue weighted by Gasteiger charge is 2.31. The third-order valence-electron chi connectivity index (χ3n) is 3.46. The Balaban J connectivity index is 2.01. The largest absolute Gasteiger partial charge is 0.481 e. The van der Waals surface area contributed by atoms with E-state index in [1.165, 1.54) is 19.2 Å². The minimum absolute atomic E-state index is 0.123. The maximum atomic E-state index is 11.9. The number of rotatable bonds is 5. The standard InChI is InChI=1S/C12H16N2O6S/c1-13-21(18,19)10-5-4-9(20-10)11(15)14-8-3-2-7(6-8)12(16)17/h4-5,7-8,13H,2-3,6H2,1H3,(H,14,15)(H,16,17)/t7-,8+/m1/s1. The first-order chi connectivity index (χ1) is 9.83. The molecule has 1 aromatic heterocycles. The zero-order chi connectivity index (χ0) is 15.6. The van der Waals surface area contributed by atoms with Crippen molar-refractivity contribution in [3.05, 3.63) is 17.9 Å². The molecule has 2 atom stereocenters. The van der Waals surface area contributed by atoms with Gasteiger partial charge in [-0.25, -0.2) is 13.1 Å². The number of hydrogen-bond acceptors (Lipinski definition) is 5. The van der Waals surface area contributed by atoms with E-state index in [9.17, 15) is 18.0 Å². The Morgan fingerprint density at radius 2 is 2.05 bits per heavy atom. The summed E-state index contributed by atoms with van der Waals surface area (Å²) in [6.07, 6.45) is 1.45. The number of carbonyl (C=O) groups excluding carboxylic acids is 1. The molecule has 0 radical (unpaired) electrons. The van der Waals surface area contributed by atoms with Gasteiger partial charge in [0.1, 0.15) is 0 Å². The second-order valence-corrected chi connectivity index (χ2v) is 6.66. The third-order valence-corrected chi connectivity index (χ3v) is 4.74. The van der Waals surface area contributed by atoms with Gasteiger partial charge in [0.2, 0.25) is 5.09 Å². The first-order valence-corrected chi connectivity index (χ1v) is 7.89. The first-order valence-electron chi connectivity index (χ1n) is 6.40. The predicted molar refractivity (Wildman–Crippen MR) is 71.2 cm³/mol. The number of carboxylic acids is 1. The molecule has 2 rings (SSSR count). The number of carbonyl (C=O) groups is 2. The second-order valence-electron chi connectivity index (χ2n) is 4.84. The molecule has 1 amide bonds. The molecule has 1 saturated carbocycles. The molecule has 0 unspecified atom stereocenters. The predicted octanol–water partition coefficient (Wildman–Crippen LogP) is 0.171. The Bertz CT molecular complexity index is 650. The van der Waals surface area contributed by atoms with Crippen LogP contribution in [-0.2, 0) is 14.8 Å². The Labute approximate surface area is 121 Å². The van der Waals surface area contributed by atoms with Crippen molar-refractivity contribution in [3.63, 3.8) is 0 Å². The number of furan rings is 1. The Morgan fingerprint density at radius 3 is 2.62 bits per heavy atom. The molecule has 1 aliphatic carbocycles. The van der Waals surface area contributed by atoms with Crippen molar-refractivity contribution in [1.82, 2.24) is 10.0 Å². The van der Waals surface area contributed by atoms with E-state index < -0.39 is 27.8 Å². The summed E-state index contributed by atoms with van der Waals surface area (Å²) in [5, 5.41) is 11.2. The molecule has 116 valence electrons. The van der Waals surface area contributed by atoms with E-state index in [4.69, 9.17) is 9.52 Å². The molecule has 1 heterocycles. The summed E-state index contributed by atoms with van der Waals surface area (Å²) < 4.78 is 30.1. The summed E-state index contributed by atoms with van der Waals surface area (Å²) in [5.41, 5.74) is 0.